The molecule has 1 saturated heterocycles. The van der Waals surface area contributed by atoms with Crippen LogP contribution in [0.1, 0.15) is 28.5 Å². The highest BCUT2D eigenvalue weighted by molar-refractivity contribution is 6.30. The number of aryl methyl sites for hydroxylation is 2. The maximum Gasteiger partial charge on any atom is 0.272 e. The van der Waals surface area contributed by atoms with E-state index < -0.39 is 0 Å². The van der Waals surface area contributed by atoms with Gasteiger partial charge < -0.3 is 14.5 Å². The van der Waals surface area contributed by atoms with Gasteiger partial charge in [-0.3, -0.25) is 4.79 Å². The minimum Gasteiger partial charge on any atom is -0.492 e. The molecule has 1 aromatic heterocycles. The number of para-hydroxylation sites is 2. The number of hydrogen-bond acceptors (Lipinski definition) is 4. The smallest absolute Gasteiger partial charge is 0.272 e. The number of carbonyl (C=O) groups excluding carboxylic acids is 1. The van der Waals surface area contributed by atoms with Crippen molar-refractivity contribution in [1.29, 1.82) is 0 Å². The summed E-state index contributed by atoms with van der Waals surface area (Å²) in [5.41, 5.74) is 6.58. The first kappa shape index (κ1) is 24.9. The van der Waals surface area contributed by atoms with E-state index in [1.165, 1.54) is 11.1 Å². The van der Waals surface area contributed by atoms with Crippen LogP contribution in [0.15, 0.2) is 72.8 Å². The highest BCUT2D eigenvalue weighted by Gasteiger charge is 2.27. The average Bonchev–Trinajstić information content (AvgIpc) is 3.36. The number of nitrogens with zero attached hydrogens (tertiary/aromatic N) is 4. The fourth-order valence-corrected chi connectivity index (χ4v) is 4.79. The molecule has 2 heterocycles. The molecule has 0 aliphatic carbocycles. The van der Waals surface area contributed by atoms with Gasteiger partial charge in [0, 0.05) is 36.8 Å². The molecule has 0 atom stereocenters. The Hall–Kier alpha value is -3.77. The van der Waals surface area contributed by atoms with Gasteiger partial charge >= 0.3 is 0 Å². The van der Waals surface area contributed by atoms with Crippen molar-refractivity contribution in [2.24, 2.45) is 0 Å². The van der Waals surface area contributed by atoms with E-state index in [1.54, 1.807) is 4.68 Å². The van der Waals surface area contributed by atoms with Gasteiger partial charge in [0.15, 0.2) is 0 Å². The number of halogens is 1. The Morgan fingerprint density at radius 1 is 0.919 bits per heavy atom. The summed E-state index contributed by atoms with van der Waals surface area (Å²) in [6.45, 7) is 9.48. The summed E-state index contributed by atoms with van der Waals surface area (Å²) >= 11 is 6.13. The van der Waals surface area contributed by atoms with Crippen molar-refractivity contribution in [2.75, 3.05) is 37.7 Å². The molecule has 1 aliphatic heterocycles. The Labute approximate surface area is 223 Å². The summed E-state index contributed by atoms with van der Waals surface area (Å²) in [4.78, 5) is 18.0. The molecule has 1 aliphatic rings. The zero-order valence-corrected chi connectivity index (χ0v) is 22.2. The van der Waals surface area contributed by atoms with E-state index in [-0.39, 0.29) is 5.91 Å². The van der Waals surface area contributed by atoms with E-state index >= 15 is 0 Å². The molecule has 6 nitrogen and oxygen atoms in total. The minimum atomic E-state index is -0.0322. The van der Waals surface area contributed by atoms with Crippen LogP contribution in [-0.4, -0.2) is 53.4 Å². The summed E-state index contributed by atoms with van der Waals surface area (Å²) < 4.78 is 7.56. The fraction of sp³-hybridized carbons (Fsp3) is 0.267. The third kappa shape index (κ3) is 5.20. The van der Waals surface area contributed by atoms with Gasteiger partial charge in [0.05, 0.1) is 23.7 Å². The first-order valence-corrected chi connectivity index (χ1v) is 13.0. The number of anilines is 1. The second kappa shape index (κ2) is 10.7. The van der Waals surface area contributed by atoms with Gasteiger partial charge in [0.1, 0.15) is 11.4 Å². The number of hydrogen-bond donors (Lipinski definition) is 0. The highest BCUT2D eigenvalue weighted by atomic mass is 35.5. The molecule has 3 aromatic carbocycles. The van der Waals surface area contributed by atoms with Gasteiger partial charge in [0.25, 0.3) is 5.91 Å². The third-order valence-corrected chi connectivity index (χ3v) is 7.13. The molecule has 190 valence electrons. The maximum absolute atomic E-state index is 13.8. The van der Waals surface area contributed by atoms with E-state index in [4.69, 9.17) is 21.4 Å². The summed E-state index contributed by atoms with van der Waals surface area (Å²) in [7, 11) is 0. The van der Waals surface area contributed by atoms with Gasteiger partial charge in [-0.1, -0.05) is 35.9 Å². The minimum absolute atomic E-state index is 0.0322. The van der Waals surface area contributed by atoms with Crippen LogP contribution in [0.25, 0.3) is 16.9 Å². The Morgan fingerprint density at radius 3 is 2.35 bits per heavy atom. The normalized spacial score (nSPS) is 13.6. The first-order valence-electron chi connectivity index (χ1n) is 12.6. The van der Waals surface area contributed by atoms with Gasteiger partial charge in [0.2, 0.25) is 0 Å². The number of benzene rings is 3. The molecule has 4 aromatic rings. The van der Waals surface area contributed by atoms with Crippen molar-refractivity contribution < 1.29 is 9.53 Å². The Balaban J connectivity index is 1.43. The largest absolute Gasteiger partial charge is 0.492 e. The number of rotatable bonds is 6. The predicted octanol–water partition coefficient (Wildman–Crippen LogP) is 6.17. The Bertz CT molecular complexity index is 1410. The van der Waals surface area contributed by atoms with E-state index in [9.17, 15) is 4.79 Å². The van der Waals surface area contributed by atoms with Crippen LogP contribution in [0.3, 0.4) is 0 Å². The molecule has 37 heavy (non-hydrogen) atoms. The molecule has 0 unspecified atom stereocenters. The number of amides is 1. The van der Waals surface area contributed by atoms with E-state index in [0.29, 0.717) is 30.4 Å². The average molecular weight is 515 g/mol. The highest BCUT2D eigenvalue weighted by Crippen LogP contribution is 2.30. The molecule has 1 fully saturated rings. The molecular weight excluding hydrogens is 484 g/mol. The van der Waals surface area contributed by atoms with Crippen LogP contribution >= 0.6 is 11.6 Å². The molecule has 1 amide bonds. The lowest BCUT2D eigenvalue weighted by atomic mass is 10.0. The molecule has 7 heteroatoms. The van der Waals surface area contributed by atoms with Crippen LogP contribution in [0.4, 0.5) is 5.69 Å². The van der Waals surface area contributed by atoms with E-state index in [1.807, 2.05) is 60.4 Å². The summed E-state index contributed by atoms with van der Waals surface area (Å²) in [6.07, 6.45) is 0. The zero-order chi connectivity index (χ0) is 25.9. The fourth-order valence-electron chi connectivity index (χ4n) is 4.66. The quantitative estimate of drug-likeness (QED) is 0.309. The summed E-state index contributed by atoms with van der Waals surface area (Å²) in [5.74, 6) is 0.846. The molecule has 0 radical (unpaired) electrons. The van der Waals surface area contributed by atoms with Gasteiger partial charge in [-0.05, 0) is 80.4 Å². The predicted molar refractivity (Wildman–Crippen MR) is 149 cm³/mol. The monoisotopic (exact) mass is 514 g/mol. The van der Waals surface area contributed by atoms with Crippen molar-refractivity contribution in [1.82, 2.24) is 14.7 Å². The lowest BCUT2D eigenvalue weighted by molar-refractivity contribution is 0.0737. The molecule has 0 saturated carbocycles. The number of carbonyl (C=O) groups is 1. The first-order chi connectivity index (χ1) is 17.9. The van der Waals surface area contributed by atoms with E-state index in [0.717, 1.165) is 41.5 Å². The zero-order valence-electron chi connectivity index (χ0n) is 21.4. The molecule has 5 rings (SSSR count). The van der Waals surface area contributed by atoms with Crippen molar-refractivity contribution in [3.05, 3.63) is 94.6 Å². The lowest BCUT2D eigenvalue weighted by Gasteiger charge is -2.36. The topological polar surface area (TPSA) is 50.6 Å². The number of ether oxygens (including phenoxy) is 1. The van der Waals surface area contributed by atoms with Crippen molar-refractivity contribution in [2.45, 2.75) is 20.8 Å². The maximum atomic E-state index is 13.8. The second-order valence-electron chi connectivity index (χ2n) is 9.28. The molecular formula is C30H31ClN4O2. The van der Waals surface area contributed by atoms with Crippen LogP contribution in [0.5, 0.6) is 5.75 Å². The van der Waals surface area contributed by atoms with Gasteiger partial charge in [-0.25, -0.2) is 4.68 Å². The van der Waals surface area contributed by atoms with Crippen molar-refractivity contribution in [3.63, 3.8) is 0 Å². The summed E-state index contributed by atoms with van der Waals surface area (Å²) in [5, 5.41) is 5.50. The number of piperazine rings is 1. The van der Waals surface area contributed by atoms with E-state index in [2.05, 4.69) is 43.0 Å². The lowest BCUT2D eigenvalue weighted by Crippen LogP contribution is -2.49. The SMILES string of the molecule is CCOc1ccccc1N1CCN(C(=O)c2cc(-c3ccc(C)c(C)c3)nn2-c2ccc(Cl)cc2)CC1. The Kier molecular flexibility index (Phi) is 7.19. The molecule has 0 bridgehead atoms. The van der Waals surface area contributed by atoms with Crippen molar-refractivity contribution >= 4 is 23.2 Å². The standard InChI is InChI=1S/C30H31ClN4O2/c1-4-37-29-8-6-5-7-27(29)33-15-17-34(18-16-33)30(36)28-20-26(23-10-9-21(2)22(3)19-23)32-35(28)25-13-11-24(31)12-14-25/h5-14,19-20H,4,15-18H2,1-3H3. The number of aromatic nitrogens is 2. The third-order valence-electron chi connectivity index (χ3n) is 6.88. The van der Waals surface area contributed by atoms with Crippen LogP contribution in [0.2, 0.25) is 5.02 Å². The van der Waals surface area contributed by atoms with Crippen LogP contribution in [0, 0.1) is 13.8 Å². The Morgan fingerprint density at radius 2 is 1.65 bits per heavy atom. The summed E-state index contributed by atoms with van der Waals surface area (Å²) in [6, 6.07) is 23.7. The molecule has 0 N–H and O–H groups in total. The van der Waals surface area contributed by atoms with Crippen LogP contribution < -0.4 is 9.64 Å². The van der Waals surface area contributed by atoms with Crippen LogP contribution in [-0.2, 0) is 0 Å². The van der Waals surface area contributed by atoms with Crippen molar-refractivity contribution in [3.8, 4) is 22.7 Å². The second-order valence-corrected chi connectivity index (χ2v) is 9.72. The van der Waals surface area contributed by atoms with Gasteiger partial charge in [-0.2, -0.15) is 5.10 Å². The van der Waals surface area contributed by atoms with Gasteiger partial charge in [-0.15, -0.1) is 0 Å². The molecule has 0 spiro atoms.